The molecule has 4 amide bonds. The van der Waals surface area contributed by atoms with Crippen LogP contribution in [0.25, 0.3) is 0 Å². The summed E-state index contributed by atoms with van der Waals surface area (Å²) in [5.74, 6) is -1.73. The molecule has 2 N–H and O–H groups in total. The smallest absolute Gasteiger partial charge is 0.266 e. The van der Waals surface area contributed by atoms with Crippen molar-refractivity contribution in [2.24, 2.45) is 0 Å². The summed E-state index contributed by atoms with van der Waals surface area (Å²) in [6.07, 6.45) is 0. The lowest BCUT2D eigenvalue weighted by molar-refractivity contribution is -0.114. The number of anilines is 3. The summed E-state index contributed by atoms with van der Waals surface area (Å²) in [7, 11) is 0. The van der Waals surface area contributed by atoms with Crippen molar-refractivity contribution in [1.29, 1.82) is 0 Å². The van der Waals surface area contributed by atoms with E-state index < -0.39 is 17.7 Å². The van der Waals surface area contributed by atoms with Gasteiger partial charge in [-0.25, -0.2) is 4.90 Å². The summed E-state index contributed by atoms with van der Waals surface area (Å²) in [6.45, 7) is 1.38. The van der Waals surface area contributed by atoms with Crippen LogP contribution in [0.3, 0.4) is 0 Å². The fourth-order valence-corrected chi connectivity index (χ4v) is 3.59. The van der Waals surface area contributed by atoms with Crippen LogP contribution in [0.15, 0.2) is 60.7 Å². The van der Waals surface area contributed by atoms with Crippen LogP contribution < -0.4 is 15.5 Å². The van der Waals surface area contributed by atoms with Gasteiger partial charge in [0.05, 0.1) is 26.9 Å². The monoisotopic (exact) mass is 467 g/mol. The zero-order chi connectivity index (χ0) is 23.0. The largest absolute Gasteiger partial charge is 0.326 e. The molecule has 0 unspecified atom stereocenters. The summed E-state index contributed by atoms with van der Waals surface area (Å²) in [6, 6.07) is 15.3. The van der Waals surface area contributed by atoms with Crippen molar-refractivity contribution < 1.29 is 19.2 Å². The first-order valence-electron chi connectivity index (χ1n) is 9.41. The highest BCUT2D eigenvalue weighted by Gasteiger charge is 2.37. The van der Waals surface area contributed by atoms with Crippen LogP contribution >= 0.6 is 23.2 Å². The SMILES string of the molecule is CC(=O)Nc1ccc(N2C(=O)c3ccc(C(=O)Nc4ccc(Cl)c(Cl)c4)cc3C2=O)cc1. The molecule has 3 aromatic carbocycles. The number of amides is 4. The number of nitrogens with zero attached hydrogens (tertiary/aromatic N) is 1. The number of halogens is 2. The molecule has 3 aromatic rings. The lowest BCUT2D eigenvalue weighted by Crippen LogP contribution is -2.29. The highest BCUT2D eigenvalue weighted by molar-refractivity contribution is 6.42. The van der Waals surface area contributed by atoms with Crippen LogP contribution in [-0.2, 0) is 4.79 Å². The minimum atomic E-state index is -0.540. The maximum Gasteiger partial charge on any atom is 0.266 e. The number of nitrogens with one attached hydrogen (secondary N) is 2. The van der Waals surface area contributed by atoms with Crippen LogP contribution in [0, 0.1) is 0 Å². The van der Waals surface area contributed by atoms with Gasteiger partial charge in [0.1, 0.15) is 0 Å². The molecular formula is C23H15Cl2N3O4. The second-order valence-electron chi connectivity index (χ2n) is 7.02. The minimum Gasteiger partial charge on any atom is -0.326 e. The van der Waals surface area contributed by atoms with Gasteiger partial charge in [0.15, 0.2) is 0 Å². The molecule has 0 saturated heterocycles. The average molecular weight is 468 g/mol. The van der Waals surface area contributed by atoms with E-state index in [0.29, 0.717) is 27.1 Å². The molecule has 0 radical (unpaired) electrons. The summed E-state index contributed by atoms with van der Waals surface area (Å²) in [5, 5.41) is 5.95. The fraction of sp³-hybridized carbons (Fsp3) is 0.0435. The summed E-state index contributed by atoms with van der Waals surface area (Å²) >= 11 is 11.9. The summed E-state index contributed by atoms with van der Waals surface area (Å²) < 4.78 is 0. The molecule has 7 nitrogen and oxygen atoms in total. The van der Waals surface area contributed by atoms with Gasteiger partial charge >= 0.3 is 0 Å². The van der Waals surface area contributed by atoms with Crippen LogP contribution in [0.1, 0.15) is 38.0 Å². The Morgan fingerprint density at radius 2 is 1.41 bits per heavy atom. The van der Waals surface area contributed by atoms with Gasteiger partial charge in [0.2, 0.25) is 5.91 Å². The van der Waals surface area contributed by atoms with Gasteiger partial charge in [-0.05, 0) is 60.7 Å². The van der Waals surface area contributed by atoms with Crippen molar-refractivity contribution in [2.75, 3.05) is 15.5 Å². The Morgan fingerprint density at radius 1 is 0.750 bits per heavy atom. The van der Waals surface area contributed by atoms with Crippen molar-refractivity contribution in [2.45, 2.75) is 6.92 Å². The molecule has 4 rings (SSSR count). The van der Waals surface area contributed by atoms with E-state index in [1.807, 2.05) is 0 Å². The lowest BCUT2D eigenvalue weighted by Gasteiger charge is -2.14. The highest BCUT2D eigenvalue weighted by Crippen LogP contribution is 2.30. The van der Waals surface area contributed by atoms with Crippen LogP contribution in [-0.4, -0.2) is 23.6 Å². The molecule has 0 spiro atoms. The predicted octanol–water partition coefficient (Wildman–Crippen LogP) is 5.00. The molecule has 1 heterocycles. The Labute approximate surface area is 192 Å². The fourth-order valence-electron chi connectivity index (χ4n) is 3.29. The van der Waals surface area contributed by atoms with Gasteiger partial charge in [-0.2, -0.15) is 0 Å². The van der Waals surface area contributed by atoms with E-state index >= 15 is 0 Å². The quantitative estimate of drug-likeness (QED) is 0.527. The van der Waals surface area contributed by atoms with E-state index in [0.717, 1.165) is 4.90 Å². The molecule has 1 aliphatic rings. The third-order valence-electron chi connectivity index (χ3n) is 4.77. The Bertz CT molecular complexity index is 1290. The number of carbonyl (C=O) groups is 4. The molecule has 0 bridgehead atoms. The normalized spacial score (nSPS) is 12.5. The lowest BCUT2D eigenvalue weighted by atomic mass is 10.1. The molecule has 9 heteroatoms. The second-order valence-corrected chi connectivity index (χ2v) is 7.83. The summed E-state index contributed by atoms with van der Waals surface area (Å²) in [4.78, 5) is 50.6. The maximum atomic E-state index is 13.0. The molecule has 0 saturated carbocycles. The first-order valence-corrected chi connectivity index (χ1v) is 10.2. The van der Waals surface area contributed by atoms with E-state index in [-0.39, 0.29) is 22.6 Å². The van der Waals surface area contributed by atoms with Crippen LogP contribution in [0.4, 0.5) is 17.1 Å². The number of benzene rings is 3. The minimum absolute atomic E-state index is 0.128. The third-order valence-corrected chi connectivity index (χ3v) is 5.51. The Morgan fingerprint density at radius 3 is 2.06 bits per heavy atom. The zero-order valence-corrected chi connectivity index (χ0v) is 18.1. The zero-order valence-electron chi connectivity index (χ0n) is 16.6. The number of hydrogen-bond donors (Lipinski definition) is 2. The Balaban J connectivity index is 1.57. The van der Waals surface area contributed by atoms with E-state index in [4.69, 9.17) is 23.2 Å². The van der Waals surface area contributed by atoms with Crippen LogP contribution in [0.2, 0.25) is 10.0 Å². The van der Waals surface area contributed by atoms with E-state index in [2.05, 4.69) is 10.6 Å². The van der Waals surface area contributed by atoms with E-state index in [1.165, 1.54) is 31.2 Å². The van der Waals surface area contributed by atoms with Crippen molar-refractivity contribution in [1.82, 2.24) is 0 Å². The molecule has 160 valence electrons. The van der Waals surface area contributed by atoms with E-state index in [9.17, 15) is 19.2 Å². The standard InChI is InChI=1S/C23H15Cl2N3O4/c1-12(29)26-14-3-6-16(7-4-14)28-22(31)17-8-2-13(10-18(17)23(28)32)21(30)27-15-5-9-19(24)20(25)11-15/h2-11H,1H3,(H,26,29)(H,27,30). The molecule has 0 atom stereocenters. The van der Waals surface area contributed by atoms with Gasteiger partial charge in [-0.1, -0.05) is 23.2 Å². The van der Waals surface area contributed by atoms with Crippen molar-refractivity contribution in [3.63, 3.8) is 0 Å². The number of carbonyl (C=O) groups excluding carboxylic acids is 4. The number of imide groups is 1. The molecule has 1 aliphatic heterocycles. The molecule has 0 aromatic heterocycles. The van der Waals surface area contributed by atoms with E-state index in [1.54, 1.807) is 36.4 Å². The molecule has 0 aliphatic carbocycles. The van der Waals surface area contributed by atoms with Gasteiger partial charge in [-0.15, -0.1) is 0 Å². The molecule has 0 fully saturated rings. The number of hydrogen-bond acceptors (Lipinski definition) is 4. The molecular weight excluding hydrogens is 453 g/mol. The third kappa shape index (κ3) is 4.08. The highest BCUT2D eigenvalue weighted by atomic mass is 35.5. The number of rotatable bonds is 4. The van der Waals surface area contributed by atoms with Crippen molar-refractivity contribution >= 4 is 63.9 Å². The topological polar surface area (TPSA) is 95.6 Å². The van der Waals surface area contributed by atoms with Gasteiger partial charge < -0.3 is 10.6 Å². The van der Waals surface area contributed by atoms with Crippen molar-refractivity contribution in [3.05, 3.63) is 87.4 Å². The predicted molar refractivity (Wildman–Crippen MR) is 123 cm³/mol. The van der Waals surface area contributed by atoms with Crippen molar-refractivity contribution in [3.8, 4) is 0 Å². The number of fused-ring (bicyclic) bond motifs is 1. The Hall–Kier alpha value is -3.68. The van der Waals surface area contributed by atoms with Gasteiger partial charge in [0, 0.05) is 23.9 Å². The maximum absolute atomic E-state index is 13.0. The first-order chi connectivity index (χ1) is 15.2. The van der Waals surface area contributed by atoms with Crippen LogP contribution in [0.5, 0.6) is 0 Å². The Kier molecular flexibility index (Phi) is 5.69. The molecule has 32 heavy (non-hydrogen) atoms. The van der Waals surface area contributed by atoms with Gasteiger partial charge in [-0.3, -0.25) is 19.2 Å². The summed E-state index contributed by atoms with van der Waals surface area (Å²) in [5.41, 5.74) is 1.87. The van der Waals surface area contributed by atoms with Gasteiger partial charge in [0.25, 0.3) is 17.7 Å². The second kappa shape index (κ2) is 8.45. The first kappa shape index (κ1) is 21.5. The average Bonchev–Trinajstić information content (AvgIpc) is 3.01.